The van der Waals surface area contributed by atoms with Crippen molar-refractivity contribution in [2.24, 2.45) is 5.92 Å². The maximum absolute atomic E-state index is 12.6. The van der Waals surface area contributed by atoms with E-state index in [2.05, 4.69) is 24.5 Å². The van der Waals surface area contributed by atoms with E-state index in [1.54, 1.807) is 6.07 Å². The van der Waals surface area contributed by atoms with Crippen LogP contribution in [0.2, 0.25) is 0 Å². The molecule has 132 valence electrons. The molecule has 0 aromatic heterocycles. The molecule has 1 fully saturated rings. The van der Waals surface area contributed by atoms with E-state index < -0.39 is 10.0 Å². The maximum atomic E-state index is 12.6. The molecule has 8 heteroatoms. The Morgan fingerprint density at radius 3 is 2.79 bits per heavy atom. The molecular weight excluding hydrogens is 330 g/mol. The van der Waals surface area contributed by atoms with Crippen LogP contribution >= 0.6 is 0 Å². The summed E-state index contributed by atoms with van der Waals surface area (Å²) in [5.41, 5.74) is 0.293. The van der Waals surface area contributed by atoms with E-state index in [1.165, 1.54) is 18.2 Å². The number of sulfonamides is 1. The van der Waals surface area contributed by atoms with E-state index in [9.17, 15) is 18.0 Å². The number of carbonyl (C=O) groups is 2. The van der Waals surface area contributed by atoms with Gasteiger partial charge in [0.05, 0.1) is 11.4 Å². The van der Waals surface area contributed by atoms with Crippen molar-refractivity contribution in [3.63, 3.8) is 0 Å². The topological polar surface area (TPSA) is 95.6 Å². The van der Waals surface area contributed by atoms with Crippen LogP contribution in [0.25, 0.3) is 0 Å². The first kappa shape index (κ1) is 18.4. The highest BCUT2D eigenvalue weighted by Gasteiger charge is 2.29. The molecule has 2 amide bonds. The summed E-state index contributed by atoms with van der Waals surface area (Å²) in [7, 11) is -3.79. The molecule has 0 bridgehead atoms. The lowest BCUT2D eigenvalue weighted by molar-refractivity contribution is -0.122. The second-order valence-corrected chi connectivity index (χ2v) is 8.09. The van der Waals surface area contributed by atoms with E-state index in [1.807, 2.05) is 0 Å². The Morgan fingerprint density at radius 1 is 1.38 bits per heavy atom. The van der Waals surface area contributed by atoms with Gasteiger partial charge in [-0.05, 0) is 30.5 Å². The quantitative estimate of drug-likeness (QED) is 0.782. The zero-order valence-corrected chi connectivity index (χ0v) is 14.7. The maximum Gasteiger partial charge on any atom is 0.251 e. The van der Waals surface area contributed by atoms with E-state index in [4.69, 9.17) is 0 Å². The van der Waals surface area contributed by atoms with Gasteiger partial charge in [0, 0.05) is 25.2 Å². The number of rotatable bonds is 6. The van der Waals surface area contributed by atoms with Crippen molar-refractivity contribution in [1.29, 1.82) is 0 Å². The van der Waals surface area contributed by atoms with Crippen molar-refractivity contribution < 1.29 is 18.0 Å². The van der Waals surface area contributed by atoms with Crippen LogP contribution in [-0.4, -0.2) is 50.7 Å². The van der Waals surface area contributed by atoms with Gasteiger partial charge < -0.3 is 10.6 Å². The molecule has 0 radical (unpaired) electrons. The fourth-order valence-electron chi connectivity index (χ4n) is 2.34. The van der Waals surface area contributed by atoms with Gasteiger partial charge in [0.2, 0.25) is 15.9 Å². The number of benzene rings is 1. The van der Waals surface area contributed by atoms with Crippen LogP contribution in [0.4, 0.5) is 0 Å². The SMILES string of the molecule is CC(C)CCNC(=O)c1cccc(S(=O)(=O)N2CCNC(=O)C2)c1. The highest BCUT2D eigenvalue weighted by atomic mass is 32.2. The predicted octanol–water partition coefficient (Wildman–Crippen LogP) is 0.583. The number of nitrogens with one attached hydrogen (secondary N) is 2. The highest BCUT2D eigenvalue weighted by molar-refractivity contribution is 7.89. The number of hydrogen-bond donors (Lipinski definition) is 2. The number of hydrogen-bond acceptors (Lipinski definition) is 4. The van der Waals surface area contributed by atoms with E-state index in [0.717, 1.165) is 10.7 Å². The first-order valence-electron chi connectivity index (χ1n) is 7.96. The third-order valence-corrected chi connectivity index (χ3v) is 5.59. The Hall–Kier alpha value is -1.93. The number of amides is 2. The Balaban J connectivity index is 2.14. The molecule has 1 aliphatic rings. The lowest BCUT2D eigenvalue weighted by atomic mass is 10.1. The lowest BCUT2D eigenvalue weighted by Crippen LogP contribution is -2.49. The first-order chi connectivity index (χ1) is 11.3. The summed E-state index contributed by atoms with van der Waals surface area (Å²) in [6, 6.07) is 5.90. The Morgan fingerprint density at radius 2 is 2.12 bits per heavy atom. The smallest absolute Gasteiger partial charge is 0.251 e. The molecule has 0 atom stereocenters. The monoisotopic (exact) mass is 353 g/mol. The number of carbonyl (C=O) groups excluding carboxylic acids is 2. The lowest BCUT2D eigenvalue weighted by Gasteiger charge is -2.26. The van der Waals surface area contributed by atoms with Crippen LogP contribution in [0.3, 0.4) is 0 Å². The van der Waals surface area contributed by atoms with Crippen molar-refractivity contribution >= 4 is 21.8 Å². The van der Waals surface area contributed by atoms with Crippen molar-refractivity contribution in [1.82, 2.24) is 14.9 Å². The van der Waals surface area contributed by atoms with Crippen molar-refractivity contribution in [3.8, 4) is 0 Å². The van der Waals surface area contributed by atoms with Crippen molar-refractivity contribution in [2.75, 3.05) is 26.2 Å². The van der Waals surface area contributed by atoms with Gasteiger partial charge in [-0.2, -0.15) is 4.31 Å². The molecule has 1 heterocycles. The third-order valence-electron chi connectivity index (χ3n) is 3.74. The molecule has 2 rings (SSSR count). The van der Waals surface area contributed by atoms with Crippen molar-refractivity contribution in [3.05, 3.63) is 29.8 Å². The van der Waals surface area contributed by atoms with Gasteiger partial charge in [0.1, 0.15) is 0 Å². The molecule has 24 heavy (non-hydrogen) atoms. The summed E-state index contributed by atoms with van der Waals surface area (Å²) in [6.07, 6.45) is 0.854. The average molecular weight is 353 g/mol. The van der Waals surface area contributed by atoms with Gasteiger partial charge in [-0.25, -0.2) is 8.42 Å². The second-order valence-electron chi connectivity index (χ2n) is 6.15. The molecule has 1 aromatic carbocycles. The first-order valence-corrected chi connectivity index (χ1v) is 9.40. The van der Waals surface area contributed by atoms with Gasteiger partial charge in [0.25, 0.3) is 5.91 Å². The summed E-state index contributed by atoms with van der Waals surface area (Å²) in [4.78, 5) is 23.6. The predicted molar refractivity (Wildman–Crippen MR) is 90.0 cm³/mol. The standard InChI is InChI=1S/C16H23N3O4S/c1-12(2)6-7-18-16(21)13-4-3-5-14(10-13)24(22,23)19-9-8-17-15(20)11-19/h3-5,10,12H,6-9,11H2,1-2H3,(H,17,20)(H,18,21). The molecule has 1 saturated heterocycles. The molecule has 7 nitrogen and oxygen atoms in total. The zero-order chi connectivity index (χ0) is 17.7. The molecule has 2 N–H and O–H groups in total. The molecule has 0 aliphatic carbocycles. The minimum Gasteiger partial charge on any atom is -0.354 e. The molecule has 0 unspecified atom stereocenters. The number of piperazine rings is 1. The summed E-state index contributed by atoms with van der Waals surface area (Å²) < 4.78 is 26.4. The fraction of sp³-hybridized carbons (Fsp3) is 0.500. The summed E-state index contributed by atoms with van der Waals surface area (Å²) in [6.45, 7) is 4.97. The van der Waals surface area contributed by atoms with E-state index >= 15 is 0 Å². The molecule has 0 saturated carbocycles. The van der Waals surface area contributed by atoms with E-state index in [0.29, 0.717) is 18.0 Å². The van der Waals surface area contributed by atoms with Crippen LogP contribution in [0.1, 0.15) is 30.6 Å². The Bertz CT molecular complexity index is 716. The van der Waals surface area contributed by atoms with Crippen molar-refractivity contribution in [2.45, 2.75) is 25.2 Å². The minimum absolute atomic E-state index is 0.0220. The van der Waals surface area contributed by atoms with Gasteiger partial charge in [-0.15, -0.1) is 0 Å². The number of nitrogens with zero attached hydrogens (tertiary/aromatic N) is 1. The van der Waals surface area contributed by atoms with Crippen LogP contribution in [-0.2, 0) is 14.8 Å². The Kier molecular flexibility index (Phi) is 5.95. The molecule has 0 spiro atoms. The van der Waals surface area contributed by atoms with Gasteiger partial charge in [-0.3, -0.25) is 9.59 Å². The van der Waals surface area contributed by atoms with Crippen LogP contribution in [0.5, 0.6) is 0 Å². The molecular formula is C16H23N3O4S. The minimum atomic E-state index is -3.79. The third kappa shape index (κ3) is 4.55. The molecule has 1 aromatic rings. The van der Waals surface area contributed by atoms with Crippen LogP contribution in [0.15, 0.2) is 29.2 Å². The van der Waals surface area contributed by atoms with Gasteiger partial charge in [0.15, 0.2) is 0 Å². The van der Waals surface area contributed by atoms with Crippen LogP contribution < -0.4 is 10.6 Å². The average Bonchev–Trinajstić information content (AvgIpc) is 2.54. The normalized spacial score (nSPS) is 16.0. The second kappa shape index (κ2) is 7.76. The zero-order valence-electron chi connectivity index (χ0n) is 13.9. The summed E-state index contributed by atoms with van der Waals surface area (Å²) >= 11 is 0. The van der Waals surface area contributed by atoms with Gasteiger partial charge >= 0.3 is 0 Å². The van der Waals surface area contributed by atoms with E-state index in [-0.39, 0.29) is 36.3 Å². The fourth-order valence-corrected chi connectivity index (χ4v) is 3.79. The van der Waals surface area contributed by atoms with Crippen LogP contribution in [0, 0.1) is 5.92 Å². The molecule has 1 aliphatic heterocycles. The largest absolute Gasteiger partial charge is 0.354 e. The summed E-state index contributed by atoms with van der Waals surface area (Å²) in [5.74, 6) is -0.154. The Labute approximate surface area is 142 Å². The van der Waals surface area contributed by atoms with Gasteiger partial charge in [-0.1, -0.05) is 19.9 Å². The highest BCUT2D eigenvalue weighted by Crippen LogP contribution is 2.18. The summed E-state index contributed by atoms with van der Waals surface area (Å²) in [5, 5.41) is 5.37.